The Morgan fingerprint density at radius 3 is 2.81 bits per heavy atom. The lowest BCUT2D eigenvalue weighted by molar-refractivity contribution is -0.123. The molecule has 1 aromatic carbocycles. The van der Waals surface area contributed by atoms with Crippen LogP contribution in [0, 0.1) is 0 Å². The third kappa shape index (κ3) is 2.74. The highest BCUT2D eigenvalue weighted by atomic mass is 35.5. The van der Waals surface area contributed by atoms with Gasteiger partial charge >= 0.3 is 0 Å². The topological polar surface area (TPSA) is 52.6 Å². The summed E-state index contributed by atoms with van der Waals surface area (Å²) >= 11 is 13.7. The summed E-state index contributed by atoms with van der Waals surface area (Å²) in [5.41, 5.74) is 1.90. The van der Waals surface area contributed by atoms with Gasteiger partial charge in [0.1, 0.15) is 0 Å². The van der Waals surface area contributed by atoms with Crippen LogP contribution in [-0.4, -0.2) is 18.1 Å². The van der Waals surface area contributed by atoms with Gasteiger partial charge in [-0.05, 0) is 24.3 Å². The van der Waals surface area contributed by atoms with Gasteiger partial charge in [-0.25, -0.2) is 0 Å². The molecule has 2 heterocycles. The second-order valence-electron chi connectivity index (χ2n) is 4.84. The first-order valence-corrected chi connectivity index (χ1v) is 7.80. The molecule has 2 N–H and O–H groups in total. The number of hydrogen-bond acceptors (Lipinski definition) is 4. The quantitative estimate of drug-likeness (QED) is 0.894. The lowest BCUT2D eigenvalue weighted by Crippen LogP contribution is -2.16. The molecule has 1 unspecified atom stereocenters. The first-order chi connectivity index (χ1) is 9.95. The Hall–Kier alpha value is -1.27. The number of rotatable bonds is 3. The predicted octanol–water partition coefficient (Wildman–Crippen LogP) is 3.68. The maximum Gasteiger partial charge on any atom is 0.257 e. The fraction of sp³-hybridized carbons (Fsp3) is 0.214. The summed E-state index contributed by atoms with van der Waals surface area (Å²) in [6.45, 7) is 0.659. The van der Waals surface area contributed by atoms with Crippen LogP contribution < -0.4 is 10.2 Å². The number of aliphatic hydroxyl groups is 1. The molecular weight excluding hydrogens is 331 g/mol. The molecule has 4 nitrogen and oxygen atoms in total. The van der Waals surface area contributed by atoms with Crippen molar-refractivity contribution in [2.45, 2.75) is 12.6 Å². The van der Waals surface area contributed by atoms with Gasteiger partial charge in [-0.1, -0.05) is 23.2 Å². The highest BCUT2D eigenvalue weighted by Crippen LogP contribution is 2.39. The van der Waals surface area contributed by atoms with Crippen LogP contribution in [0.15, 0.2) is 24.3 Å². The number of carbonyl (C=O) groups excluding carboxylic acids is 1. The molecular formula is C14H12Cl2N2O2S. The van der Waals surface area contributed by atoms with Crippen LogP contribution in [0.2, 0.25) is 9.36 Å². The minimum absolute atomic E-state index is 0.425. The Morgan fingerprint density at radius 2 is 2.14 bits per heavy atom. The third-order valence-electron chi connectivity index (χ3n) is 3.35. The van der Waals surface area contributed by atoms with Gasteiger partial charge in [-0.2, -0.15) is 0 Å². The summed E-state index contributed by atoms with van der Waals surface area (Å²) < 4.78 is 0.744. The van der Waals surface area contributed by atoms with Gasteiger partial charge in [0, 0.05) is 23.2 Å². The Kier molecular flexibility index (Phi) is 3.84. The summed E-state index contributed by atoms with van der Waals surface area (Å²) in [4.78, 5) is 14.6. The Balaban J connectivity index is 1.89. The molecule has 1 aliphatic heterocycles. The molecule has 0 fully saturated rings. The summed E-state index contributed by atoms with van der Waals surface area (Å²) in [6.07, 6.45) is -1.15. The molecule has 7 heteroatoms. The van der Waals surface area contributed by atoms with Crippen LogP contribution >= 0.6 is 34.5 Å². The number of halogens is 2. The van der Waals surface area contributed by atoms with Crippen molar-refractivity contribution in [1.82, 2.24) is 0 Å². The number of nitrogens with one attached hydrogen (secondary N) is 1. The zero-order valence-corrected chi connectivity index (χ0v) is 13.4. The van der Waals surface area contributed by atoms with Gasteiger partial charge in [0.05, 0.1) is 21.6 Å². The highest BCUT2D eigenvalue weighted by molar-refractivity contribution is 7.16. The molecule has 0 bridgehead atoms. The minimum atomic E-state index is -1.15. The summed E-state index contributed by atoms with van der Waals surface area (Å²) in [5.74, 6) is -0.425. The van der Waals surface area contributed by atoms with Gasteiger partial charge in [-0.15, -0.1) is 11.3 Å². The normalized spacial score (nSPS) is 16.8. The van der Waals surface area contributed by atoms with Crippen molar-refractivity contribution in [2.24, 2.45) is 0 Å². The fourth-order valence-electron chi connectivity index (χ4n) is 2.30. The van der Waals surface area contributed by atoms with Gasteiger partial charge in [0.2, 0.25) is 0 Å². The fourth-order valence-corrected chi connectivity index (χ4v) is 3.76. The van der Waals surface area contributed by atoms with E-state index >= 15 is 0 Å². The van der Waals surface area contributed by atoms with Crippen LogP contribution in [0.4, 0.5) is 11.4 Å². The number of aliphatic hydroxyl groups excluding tert-OH is 1. The van der Waals surface area contributed by atoms with E-state index in [0.29, 0.717) is 22.8 Å². The Labute approximate surface area is 135 Å². The molecule has 2 aromatic rings. The largest absolute Gasteiger partial charge is 0.378 e. The average Bonchev–Trinajstić information content (AvgIpc) is 2.95. The predicted molar refractivity (Wildman–Crippen MR) is 86.5 cm³/mol. The van der Waals surface area contributed by atoms with Crippen molar-refractivity contribution in [1.29, 1.82) is 0 Å². The number of amides is 1. The summed E-state index contributed by atoms with van der Waals surface area (Å²) in [5, 5.41) is 12.9. The maximum atomic E-state index is 11.5. The van der Waals surface area contributed by atoms with Gasteiger partial charge in [-0.3, -0.25) is 4.79 Å². The van der Waals surface area contributed by atoms with Crippen LogP contribution in [-0.2, 0) is 11.3 Å². The highest BCUT2D eigenvalue weighted by Gasteiger charge is 2.30. The molecule has 0 saturated carbocycles. The van der Waals surface area contributed by atoms with Gasteiger partial charge < -0.3 is 15.3 Å². The number of fused-ring (bicyclic) bond motifs is 1. The molecule has 3 rings (SSSR count). The maximum absolute atomic E-state index is 11.5. The van der Waals surface area contributed by atoms with E-state index in [1.807, 2.05) is 24.1 Å². The van der Waals surface area contributed by atoms with E-state index < -0.39 is 12.0 Å². The number of anilines is 2. The molecule has 1 amide bonds. The van der Waals surface area contributed by atoms with Crippen LogP contribution in [0.3, 0.4) is 0 Å². The lowest BCUT2D eigenvalue weighted by atomic mass is 10.1. The van der Waals surface area contributed by atoms with Crippen molar-refractivity contribution < 1.29 is 9.90 Å². The molecule has 1 atom stereocenters. The summed E-state index contributed by atoms with van der Waals surface area (Å²) in [6, 6.07) is 7.24. The summed E-state index contributed by atoms with van der Waals surface area (Å²) in [7, 11) is 1.91. The number of hydrogen-bond donors (Lipinski definition) is 2. The van der Waals surface area contributed by atoms with E-state index in [0.717, 1.165) is 14.9 Å². The second kappa shape index (κ2) is 5.50. The monoisotopic (exact) mass is 342 g/mol. The van der Waals surface area contributed by atoms with E-state index in [1.165, 1.54) is 11.3 Å². The first kappa shape index (κ1) is 14.7. The standard InChI is InChI=1S/C14H12Cl2N2O2S/c1-18(6-7-2-3-12(16)21-7)11-5-10-8(4-9(11)15)13(19)14(20)17-10/h2-5,13,19H,6H2,1H3,(H,17,20). The van der Waals surface area contributed by atoms with E-state index in [4.69, 9.17) is 23.2 Å². The number of carbonyl (C=O) groups is 1. The SMILES string of the molecule is CN(Cc1ccc(Cl)s1)c1cc2c(cc1Cl)C(O)C(=O)N2. The number of benzene rings is 1. The smallest absolute Gasteiger partial charge is 0.257 e. The van der Waals surface area contributed by atoms with Crippen LogP contribution in [0.5, 0.6) is 0 Å². The lowest BCUT2D eigenvalue weighted by Gasteiger charge is -2.21. The number of nitrogens with zero attached hydrogens (tertiary/aromatic N) is 1. The third-order valence-corrected chi connectivity index (χ3v) is 4.87. The molecule has 0 aliphatic carbocycles. The molecule has 0 spiro atoms. The minimum Gasteiger partial charge on any atom is -0.378 e. The van der Waals surface area contributed by atoms with Gasteiger partial charge in [0.25, 0.3) is 5.91 Å². The average molecular weight is 343 g/mol. The Morgan fingerprint density at radius 1 is 1.38 bits per heavy atom. The zero-order chi connectivity index (χ0) is 15.1. The van der Waals surface area contributed by atoms with Crippen molar-refractivity contribution in [3.05, 3.63) is 44.1 Å². The molecule has 21 heavy (non-hydrogen) atoms. The van der Waals surface area contributed by atoms with Crippen LogP contribution in [0.1, 0.15) is 16.5 Å². The van der Waals surface area contributed by atoms with E-state index in [-0.39, 0.29) is 0 Å². The molecule has 110 valence electrons. The van der Waals surface area contributed by atoms with Gasteiger partial charge in [0.15, 0.2) is 6.10 Å². The molecule has 1 aliphatic rings. The second-order valence-corrected chi connectivity index (χ2v) is 7.05. The van der Waals surface area contributed by atoms with E-state index in [9.17, 15) is 9.90 Å². The number of thiophene rings is 1. The Bertz CT molecular complexity index is 717. The molecule has 0 saturated heterocycles. The van der Waals surface area contributed by atoms with Crippen molar-refractivity contribution in [3.8, 4) is 0 Å². The zero-order valence-electron chi connectivity index (χ0n) is 11.1. The van der Waals surface area contributed by atoms with E-state index in [2.05, 4.69) is 5.32 Å². The van der Waals surface area contributed by atoms with Crippen molar-refractivity contribution in [2.75, 3.05) is 17.3 Å². The van der Waals surface area contributed by atoms with Crippen LogP contribution in [0.25, 0.3) is 0 Å². The first-order valence-electron chi connectivity index (χ1n) is 6.23. The van der Waals surface area contributed by atoms with Crippen molar-refractivity contribution >= 4 is 51.8 Å². The molecule has 0 radical (unpaired) electrons. The molecule has 1 aromatic heterocycles. The van der Waals surface area contributed by atoms with Crippen molar-refractivity contribution in [3.63, 3.8) is 0 Å². The van der Waals surface area contributed by atoms with E-state index in [1.54, 1.807) is 12.1 Å².